The van der Waals surface area contributed by atoms with Crippen molar-refractivity contribution in [1.29, 1.82) is 0 Å². The summed E-state index contributed by atoms with van der Waals surface area (Å²) < 4.78 is 5.66. The largest absolute Gasteiger partial charge is 0.465 e. The number of aliphatic hydroxyl groups is 1. The quantitative estimate of drug-likeness (QED) is 0.857. The van der Waals surface area contributed by atoms with Gasteiger partial charge in [0.2, 0.25) is 0 Å². The number of nitrogens with zero attached hydrogens (tertiary/aromatic N) is 2. The molecule has 1 aromatic heterocycles. The van der Waals surface area contributed by atoms with E-state index in [4.69, 9.17) is 4.42 Å². The van der Waals surface area contributed by atoms with Crippen molar-refractivity contribution in [1.82, 2.24) is 9.80 Å². The van der Waals surface area contributed by atoms with Crippen molar-refractivity contribution in [3.05, 3.63) is 23.7 Å². The van der Waals surface area contributed by atoms with Gasteiger partial charge in [-0.2, -0.15) is 0 Å². The average molecular weight is 250 g/mol. The summed E-state index contributed by atoms with van der Waals surface area (Å²) in [6.45, 7) is 8.08. The molecule has 0 amide bonds. The fourth-order valence-corrected chi connectivity index (χ4v) is 3.27. The van der Waals surface area contributed by atoms with Crippen molar-refractivity contribution in [3.8, 4) is 0 Å². The van der Waals surface area contributed by atoms with E-state index in [1.807, 2.05) is 13.0 Å². The molecule has 1 N–H and O–H groups in total. The second-order valence-corrected chi connectivity index (χ2v) is 5.79. The van der Waals surface area contributed by atoms with Crippen LogP contribution in [-0.2, 0) is 6.54 Å². The minimum atomic E-state index is -0.131. The van der Waals surface area contributed by atoms with Gasteiger partial charge in [-0.25, -0.2) is 0 Å². The second-order valence-electron chi connectivity index (χ2n) is 5.79. The Morgan fingerprint density at radius 3 is 2.89 bits per heavy atom. The molecule has 0 aromatic carbocycles. The third-order valence-corrected chi connectivity index (χ3v) is 4.23. The van der Waals surface area contributed by atoms with Crippen molar-refractivity contribution < 1.29 is 9.52 Å². The van der Waals surface area contributed by atoms with Crippen LogP contribution in [0, 0.1) is 6.92 Å². The summed E-state index contributed by atoms with van der Waals surface area (Å²) in [6, 6.07) is 5.14. The minimum Gasteiger partial charge on any atom is -0.465 e. The third-order valence-electron chi connectivity index (χ3n) is 4.23. The van der Waals surface area contributed by atoms with Crippen molar-refractivity contribution in [2.75, 3.05) is 19.6 Å². The number of furan rings is 1. The van der Waals surface area contributed by atoms with Gasteiger partial charge in [-0.3, -0.25) is 9.80 Å². The fourth-order valence-electron chi connectivity index (χ4n) is 3.27. The van der Waals surface area contributed by atoms with E-state index in [-0.39, 0.29) is 6.10 Å². The van der Waals surface area contributed by atoms with Crippen LogP contribution in [0.4, 0.5) is 0 Å². The average Bonchev–Trinajstić information content (AvgIpc) is 2.85. The SMILES string of the molecule is Cc1ccc(CN2CC3C[C@@H](O)CN3C[C@H]2C)o1. The van der Waals surface area contributed by atoms with E-state index in [1.54, 1.807) is 0 Å². The zero-order valence-corrected chi connectivity index (χ0v) is 11.2. The Balaban J connectivity index is 1.66. The van der Waals surface area contributed by atoms with Crippen LogP contribution >= 0.6 is 0 Å². The molecule has 0 saturated carbocycles. The van der Waals surface area contributed by atoms with Crippen molar-refractivity contribution in [2.45, 2.75) is 45.0 Å². The molecule has 0 bridgehead atoms. The van der Waals surface area contributed by atoms with Crippen LogP contribution in [0.2, 0.25) is 0 Å². The molecule has 2 saturated heterocycles. The lowest BCUT2D eigenvalue weighted by Crippen LogP contribution is -2.54. The molecule has 0 aliphatic carbocycles. The molecule has 3 atom stereocenters. The first kappa shape index (κ1) is 12.2. The Bertz CT molecular complexity index is 418. The number of aryl methyl sites for hydroxylation is 1. The van der Waals surface area contributed by atoms with E-state index >= 15 is 0 Å². The van der Waals surface area contributed by atoms with Crippen LogP contribution in [0.3, 0.4) is 0 Å². The molecule has 2 fully saturated rings. The highest BCUT2D eigenvalue weighted by Crippen LogP contribution is 2.26. The second kappa shape index (κ2) is 4.68. The maximum absolute atomic E-state index is 9.75. The Morgan fingerprint density at radius 2 is 2.17 bits per heavy atom. The molecule has 18 heavy (non-hydrogen) atoms. The Morgan fingerprint density at radius 1 is 1.33 bits per heavy atom. The summed E-state index contributed by atoms with van der Waals surface area (Å²) in [6.07, 6.45) is 0.786. The number of piperazine rings is 1. The first-order valence-electron chi connectivity index (χ1n) is 6.83. The lowest BCUT2D eigenvalue weighted by molar-refractivity contribution is 0.0482. The highest BCUT2D eigenvalue weighted by atomic mass is 16.3. The topological polar surface area (TPSA) is 39.9 Å². The highest BCUT2D eigenvalue weighted by Gasteiger charge is 2.38. The highest BCUT2D eigenvalue weighted by molar-refractivity contribution is 5.06. The van der Waals surface area contributed by atoms with Crippen LogP contribution in [0.15, 0.2) is 16.5 Å². The van der Waals surface area contributed by atoms with E-state index in [1.165, 1.54) is 0 Å². The number of rotatable bonds is 2. The van der Waals surface area contributed by atoms with Crippen LogP contribution < -0.4 is 0 Å². The molecule has 3 rings (SSSR count). The van der Waals surface area contributed by atoms with Gasteiger partial charge < -0.3 is 9.52 Å². The van der Waals surface area contributed by atoms with Crippen LogP contribution in [0.5, 0.6) is 0 Å². The standard InChI is InChI=1S/C14H22N2O2/c1-10-6-16-8-13(17)5-12(16)7-15(10)9-14-4-3-11(2)18-14/h3-4,10,12-13,17H,5-9H2,1-2H3/t10-,12?,13-/m1/s1. The molecule has 2 aliphatic heterocycles. The smallest absolute Gasteiger partial charge is 0.118 e. The van der Waals surface area contributed by atoms with Gasteiger partial charge in [0, 0.05) is 31.7 Å². The molecule has 1 unspecified atom stereocenters. The Kier molecular flexibility index (Phi) is 3.18. The van der Waals surface area contributed by atoms with Gasteiger partial charge in [0.05, 0.1) is 12.6 Å². The summed E-state index contributed by atoms with van der Waals surface area (Å²) in [5, 5.41) is 9.75. The molecule has 3 heterocycles. The summed E-state index contributed by atoms with van der Waals surface area (Å²) >= 11 is 0. The summed E-state index contributed by atoms with van der Waals surface area (Å²) in [5.41, 5.74) is 0. The molecule has 4 nitrogen and oxygen atoms in total. The van der Waals surface area contributed by atoms with Gasteiger partial charge in [0.1, 0.15) is 11.5 Å². The van der Waals surface area contributed by atoms with Gasteiger partial charge in [0.25, 0.3) is 0 Å². The minimum absolute atomic E-state index is 0.131. The first-order chi connectivity index (χ1) is 8.61. The molecule has 0 radical (unpaired) electrons. The predicted octanol–water partition coefficient (Wildman–Crippen LogP) is 1.23. The normalized spacial score (nSPS) is 33.8. The van der Waals surface area contributed by atoms with Gasteiger partial charge in [-0.05, 0) is 32.4 Å². The maximum Gasteiger partial charge on any atom is 0.118 e. The van der Waals surface area contributed by atoms with Gasteiger partial charge in [-0.15, -0.1) is 0 Å². The lowest BCUT2D eigenvalue weighted by Gasteiger charge is -2.41. The van der Waals surface area contributed by atoms with Gasteiger partial charge >= 0.3 is 0 Å². The fraction of sp³-hybridized carbons (Fsp3) is 0.714. The maximum atomic E-state index is 9.75. The van der Waals surface area contributed by atoms with Crippen molar-refractivity contribution >= 4 is 0 Å². The molecular formula is C14H22N2O2. The van der Waals surface area contributed by atoms with Crippen molar-refractivity contribution in [3.63, 3.8) is 0 Å². The molecule has 0 spiro atoms. The Labute approximate surface area is 108 Å². The molecule has 2 aliphatic rings. The predicted molar refractivity (Wildman–Crippen MR) is 69.3 cm³/mol. The zero-order valence-electron chi connectivity index (χ0n) is 11.2. The van der Waals surface area contributed by atoms with E-state index in [0.29, 0.717) is 12.1 Å². The van der Waals surface area contributed by atoms with E-state index in [9.17, 15) is 5.11 Å². The monoisotopic (exact) mass is 250 g/mol. The van der Waals surface area contributed by atoms with Crippen LogP contribution in [-0.4, -0.2) is 52.7 Å². The number of aliphatic hydroxyl groups excluding tert-OH is 1. The molecular weight excluding hydrogens is 228 g/mol. The molecule has 1 aromatic rings. The summed E-state index contributed by atoms with van der Waals surface area (Å²) in [5.74, 6) is 2.03. The number of hydrogen-bond donors (Lipinski definition) is 1. The van der Waals surface area contributed by atoms with E-state index in [0.717, 1.165) is 44.1 Å². The van der Waals surface area contributed by atoms with Crippen LogP contribution in [0.1, 0.15) is 24.9 Å². The van der Waals surface area contributed by atoms with Crippen LogP contribution in [0.25, 0.3) is 0 Å². The number of hydrogen-bond acceptors (Lipinski definition) is 4. The zero-order chi connectivity index (χ0) is 12.7. The van der Waals surface area contributed by atoms with Gasteiger partial charge in [0.15, 0.2) is 0 Å². The molecule has 100 valence electrons. The van der Waals surface area contributed by atoms with Gasteiger partial charge in [-0.1, -0.05) is 0 Å². The first-order valence-corrected chi connectivity index (χ1v) is 6.83. The lowest BCUT2D eigenvalue weighted by atomic mass is 10.1. The summed E-state index contributed by atoms with van der Waals surface area (Å²) in [4.78, 5) is 4.90. The van der Waals surface area contributed by atoms with Crippen molar-refractivity contribution in [2.24, 2.45) is 0 Å². The Hall–Kier alpha value is -0.840. The molecule has 4 heteroatoms. The van der Waals surface area contributed by atoms with E-state index in [2.05, 4.69) is 22.8 Å². The number of fused-ring (bicyclic) bond motifs is 1. The third kappa shape index (κ3) is 2.32. The summed E-state index contributed by atoms with van der Waals surface area (Å²) in [7, 11) is 0. The van der Waals surface area contributed by atoms with E-state index < -0.39 is 0 Å².